The number of amides is 1. The molecule has 1 heterocycles. The molecule has 112 valence electrons. The van der Waals surface area contributed by atoms with E-state index in [4.69, 9.17) is 4.74 Å². The molecule has 1 rings (SSSR count). The maximum Gasteiger partial charge on any atom is 0.410 e. The third-order valence-electron chi connectivity index (χ3n) is 3.35. The fourth-order valence-corrected chi connectivity index (χ4v) is 2.66. The van der Waals surface area contributed by atoms with Crippen molar-refractivity contribution in [3.8, 4) is 0 Å². The molecule has 19 heavy (non-hydrogen) atoms. The zero-order valence-electron chi connectivity index (χ0n) is 13.6. The van der Waals surface area contributed by atoms with Gasteiger partial charge in [-0.25, -0.2) is 4.79 Å². The van der Waals surface area contributed by atoms with Crippen LogP contribution in [0.4, 0.5) is 4.79 Å². The molecule has 3 nitrogen and oxygen atoms in total. The van der Waals surface area contributed by atoms with Crippen LogP contribution in [-0.4, -0.2) is 29.2 Å². The topological polar surface area (TPSA) is 29.5 Å². The number of likely N-dealkylation sites (tertiary alicyclic amines) is 1. The third-order valence-corrected chi connectivity index (χ3v) is 3.35. The Morgan fingerprint density at radius 2 is 1.74 bits per heavy atom. The normalized spacial score (nSPS) is 22.0. The summed E-state index contributed by atoms with van der Waals surface area (Å²) in [5, 5.41) is 0. The number of nitrogens with zero attached hydrogens (tertiary/aromatic N) is 1. The molecule has 1 fully saturated rings. The summed E-state index contributed by atoms with van der Waals surface area (Å²) in [5.74, 6) is 0. The van der Waals surface area contributed by atoms with Crippen LogP contribution in [-0.2, 0) is 4.74 Å². The van der Waals surface area contributed by atoms with Gasteiger partial charge in [-0.1, -0.05) is 33.6 Å². The van der Waals surface area contributed by atoms with Gasteiger partial charge in [0.1, 0.15) is 5.60 Å². The van der Waals surface area contributed by atoms with Crippen LogP contribution in [0, 0.1) is 5.41 Å². The van der Waals surface area contributed by atoms with E-state index in [1.807, 2.05) is 25.7 Å². The minimum absolute atomic E-state index is 0.136. The van der Waals surface area contributed by atoms with Gasteiger partial charge < -0.3 is 9.64 Å². The summed E-state index contributed by atoms with van der Waals surface area (Å²) in [6.45, 7) is 13.4. The van der Waals surface area contributed by atoms with Crippen LogP contribution in [0.25, 0.3) is 0 Å². The van der Waals surface area contributed by atoms with Crippen LogP contribution in [0.2, 0.25) is 0 Å². The van der Waals surface area contributed by atoms with Crippen molar-refractivity contribution in [2.75, 3.05) is 6.54 Å². The van der Waals surface area contributed by atoms with Crippen molar-refractivity contribution in [2.24, 2.45) is 5.41 Å². The van der Waals surface area contributed by atoms with Crippen molar-refractivity contribution in [3.05, 3.63) is 0 Å². The number of hydrogen-bond acceptors (Lipinski definition) is 2. The Bertz CT molecular complexity index is 299. The van der Waals surface area contributed by atoms with E-state index >= 15 is 0 Å². The van der Waals surface area contributed by atoms with Crippen molar-refractivity contribution in [1.29, 1.82) is 0 Å². The lowest BCUT2D eigenvalue weighted by molar-refractivity contribution is 0.0127. The third kappa shape index (κ3) is 6.31. The molecule has 1 saturated heterocycles. The number of hydrogen-bond donors (Lipinski definition) is 0. The zero-order valence-corrected chi connectivity index (χ0v) is 13.6. The van der Waals surface area contributed by atoms with Gasteiger partial charge in [0.15, 0.2) is 0 Å². The number of ether oxygens (including phenoxy) is 1. The zero-order chi connectivity index (χ0) is 14.7. The van der Waals surface area contributed by atoms with Gasteiger partial charge in [0.25, 0.3) is 0 Å². The lowest BCUT2D eigenvalue weighted by atomic mass is 9.86. The number of rotatable bonds is 1. The largest absolute Gasteiger partial charge is 0.444 e. The highest BCUT2D eigenvalue weighted by atomic mass is 16.6. The number of carbonyl (C=O) groups excluding carboxylic acids is 1. The van der Waals surface area contributed by atoms with E-state index in [1.165, 1.54) is 12.8 Å². The first-order valence-electron chi connectivity index (χ1n) is 7.58. The monoisotopic (exact) mass is 269 g/mol. The van der Waals surface area contributed by atoms with Gasteiger partial charge in [0.2, 0.25) is 0 Å². The first-order valence-corrected chi connectivity index (χ1v) is 7.58. The Morgan fingerprint density at radius 3 is 2.26 bits per heavy atom. The van der Waals surface area contributed by atoms with E-state index in [0.29, 0.717) is 6.04 Å². The van der Waals surface area contributed by atoms with Crippen LogP contribution in [0.15, 0.2) is 0 Å². The van der Waals surface area contributed by atoms with Gasteiger partial charge in [-0.2, -0.15) is 0 Å². The molecule has 0 N–H and O–H groups in total. The van der Waals surface area contributed by atoms with Gasteiger partial charge in [-0.3, -0.25) is 0 Å². The van der Waals surface area contributed by atoms with Crippen LogP contribution in [0.3, 0.4) is 0 Å². The first kappa shape index (κ1) is 16.3. The summed E-state index contributed by atoms with van der Waals surface area (Å²) in [6.07, 6.45) is 5.56. The average Bonchev–Trinajstić information content (AvgIpc) is 2.37. The first-order chi connectivity index (χ1) is 8.58. The van der Waals surface area contributed by atoms with Gasteiger partial charge in [-0.05, 0) is 45.4 Å². The Hall–Kier alpha value is -0.730. The van der Waals surface area contributed by atoms with E-state index in [2.05, 4.69) is 20.8 Å². The summed E-state index contributed by atoms with van der Waals surface area (Å²) in [7, 11) is 0. The summed E-state index contributed by atoms with van der Waals surface area (Å²) < 4.78 is 5.56. The minimum atomic E-state index is -0.407. The van der Waals surface area contributed by atoms with Crippen molar-refractivity contribution in [1.82, 2.24) is 4.90 Å². The Balaban J connectivity index is 2.76. The molecule has 0 aromatic heterocycles. The van der Waals surface area contributed by atoms with Gasteiger partial charge in [0.05, 0.1) is 0 Å². The molecule has 1 amide bonds. The van der Waals surface area contributed by atoms with E-state index < -0.39 is 5.60 Å². The summed E-state index contributed by atoms with van der Waals surface area (Å²) in [4.78, 5) is 14.3. The van der Waals surface area contributed by atoms with Crippen molar-refractivity contribution >= 4 is 6.09 Å². The fourth-order valence-electron chi connectivity index (χ4n) is 2.66. The van der Waals surface area contributed by atoms with Gasteiger partial charge >= 0.3 is 6.09 Å². The fraction of sp³-hybridized carbons (Fsp3) is 0.938. The molecule has 0 unspecified atom stereocenters. The van der Waals surface area contributed by atoms with Crippen molar-refractivity contribution in [3.63, 3.8) is 0 Å². The Morgan fingerprint density at radius 1 is 1.11 bits per heavy atom. The standard InChI is InChI=1S/C16H31NO2/c1-15(2,3)12-13-10-8-7-9-11-17(13)14(18)19-16(4,5)6/h13H,7-12H2,1-6H3/t13-/m0/s1. The molecule has 0 radical (unpaired) electrons. The molecule has 0 aliphatic carbocycles. The second kappa shape index (κ2) is 6.15. The van der Waals surface area contributed by atoms with E-state index in [1.54, 1.807) is 0 Å². The summed E-state index contributed by atoms with van der Waals surface area (Å²) in [5.41, 5.74) is -0.162. The highest BCUT2D eigenvalue weighted by Crippen LogP contribution is 2.29. The van der Waals surface area contributed by atoms with Crippen LogP contribution < -0.4 is 0 Å². The maximum atomic E-state index is 12.4. The van der Waals surface area contributed by atoms with Crippen LogP contribution in [0.1, 0.15) is 73.6 Å². The van der Waals surface area contributed by atoms with Gasteiger partial charge in [-0.15, -0.1) is 0 Å². The molecule has 0 aromatic rings. The maximum absolute atomic E-state index is 12.4. The molecule has 0 aromatic carbocycles. The molecule has 1 atom stereocenters. The minimum Gasteiger partial charge on any atom is -0.444 e. The smallest absolute Gasteiger partial charge is 0.410 e. The molecule has 0 spiro atoms. The Kier molecular flexibility index (Phi) is 5.28. The van der Waals surface area contributed by atoms with Crippen LogP contribution in [0.5, 0.6) is 0 Å². The predicted molar refractivity (Wildman–Crippen MR) is 79.3 cm³/mol. The van der Waals surface area contributed by atoms with Crippen molar-refractivity contribution < 1.29 is 9.53 Å². The second-order valence-electron chi connectivity index (χ2n) is 7.94. The van der Waals surface area contributed by atoms with Crippen LogP contribution >= 0.6 is 0 Å². The molecule has 0 bridgehead atoms. The Labute approximate surface area is 118 Å². The highest BCUT2D eigenvalue weighted by Gasteiger charge is 2.31. The molecule has 1 aliphatic heterocycles. The molecular weight excluding hydrogens is 238 g/mol. The quantitative estimate of drug-likeness (QED) is 0.696. The van der Waals surface area contributed by atoms with E-state index in [0.717, 1.165) is 25.8 Å². The van der Waals surface area contributed by atoms with E-state index in [-0.39, 0.29) is 11.5 Å². The molecule has 0 saturated carbocycles. The lowest BCUT2D eigenvalue weighted by Crippen LogP contribution is -2.44. The molecular formula is C16H31NO2. The summed E-state index contributed by atoms with van der Waals surface area (Å²) in [6, 6.07) is 0.331. The predicted octanol–water partition coefficient (Wildman–Crippen LogP) is 4.60. The van der Waals surface area contributed by atoms with Crippen molar-refractivity contribution in [2.45, 2.75) is 85.3 Å². The van der Waals surface area contributed by atoms with E-state index in [9.17, 15) is 4.79 Å². The highest BCUT2D eigenvalue weighted by molar-refractivity contribution is 5.68. The SMILES string of the molecule is CC(C)(C)C[C@@H]1CCCCCN1C(=O)OC(C)(C)C. The van der Waals surface area contributed by atoms with Gasteiger partial charge in [0, 0.05) is 12.6 Å². The summed E-state index contributed by atoms with van der Waals surface area (Å²) >= 11 is 0. The second-order valence-corrected chi connectivity index (χ2v) is 7.94. The molecule has 3 heteroatoms. The lowest BCUT2D eigenvalue weighted by Gasteiger charge is -2.35. The number of carbonyl (C=O) groups is 1. The average molecular weight is 269 g/mol. The molecule has 1 aliphatic rings.